The van der Waals surface area contributed by atoms with Gasteiger partial charge in [-0.15, -0.1) is 0 Å². The van der Waals surface area contributed by atoms with Crippen molar-refractivity contribution < 1.29 is 62.2 Å². The van der Waals surface area contributed by atoms with E-state index in [-0.39, 0.29) is 44.1 Å². The number of benzene rings is 1. The average Bonchev–Trinajstić information content (AvgIpc) is 3.94. The van der Waals surface area contributed by atoms with Crippen LogP contribution in [0.4, 0.5) is 0 Å². The molecular weight excluding hydrogens is 874 g/mol. The number of nitrogens with one attached hydrogen (secondary N) is 2. The summed E-state index contributed by atoms with van der Waals surface area (Å²) in [4.78, 5) is 106. The van der Waals surface area contributed by atoms with Crippen LogP contribution in [0.5, 0.6) is 0 Å². The van der Waals surface area contributed by atoms with E-state index in [1.165, 1.54) is 17.4 Å². The smallest absolute Gasteiger partial charge is 0.394 e. The number of likely N-dealkylation sites (tertiary alicyclic amines) is 1. The number of aryl methyl sites for hydroxylation is 2. The molecule has 2 aromatic rings. The van der Waals surface area contributed by atoms with Crippen LogP contribution in [0.25, 0.3) is 0 Å². The molecule has 0 aliphatic carbocycles. The van der Waals surface area contributed by atoms with E-state index in [1.54, 1.807) is 19.6 Å². The van der Waals surface area contributed by atoms with Gasteiger partial charge in [0.05, 0.1) is 63.2 Å². The molecule has 1 aromatic carbocycles. The highest BCUT2D eigenvalue weighted by Crippen LogP contribution is 2.39. The van der Waals surface area contributed by atoms with E-state index < -0.39 is 86.1 Å². The first-order valence-electron chi connectivity index (χ1n) is 23.3. The van der Waals surface area contributed by atoms with Gasteiger partial charge in [0.2, 0.25) is 17.7 Å². The number of nitrogens with zero attached hydrogens (tertiary/aromatic N) is 3. The highest BCUT2D eigenvalue weighted by atomic mass is 31.2. The van der Waals surface area contributed by atoms with Gasteiger partial charge >= 0.3 is 7.82 Å². The predicted molar refractivity (Wildman–Crippen MR) is 246 cm³/mol. The molecule has 66 heavy (non-hydrogen) atoms. The summed E-state index contributed by atoms with van der Waals surface area (Å²) in [6.07, 6.45) is 9.61. The Morgan fingerprint density at radius 3 is 2.23 bits per heavy atom. The first-order valence-corrected chi connectivity index (χ1v) is 24.9. The molecule has 0 radical (unpaired) electrons. The summed E-state index contributed by atoms with van der Waals surface area (Å²) in [6.45, 7) is 7.18. The van der Waals surface area contributed by atoms with Crippen LogP contribution in [0, 0.1) is 17.8 Å². The van der Waals surface area contributed by atoms with Crippen LogP contribution >= 0.6 is 7.82 Å². The van der Waals surface area contributed by atoms with Crippen molar-refractivity contribution >= 4 is 42.9 Å². The van der Waals surface area contributed by atoms with Gasteiger partial charge in [-0.05, 0) is 63.9 Å². The number of hydrogen-bond acceptors (Lipinski definition) is 12. The van der Waals surface area contributed by atoms with E-state index in [9.17, 15) is 48.2 Å². The van der Waals surface area contributed by atoms with Crippen molar-refractivity contribution in [3.63, 3.8) is 0 Å². The van der Waals surface area contributed by atoms with Crippen LogP contribution in [-0.4, -0.2) is 129 Å². The zero-order chi connectivity index (χ0) is 48.6. The molecule has 6 atom stereocenters. The second-order valence-electron chi connectivity index (χ2n) is 17.7. The number of aliphatic hydroxyl groups is 1. The maximum absolute atomic E-state index is 14.3. The lowest BCUT2D eigenvalue weighted by atomic mass is 9.89. The molecule has 0 spiro atoms. The molecule has 2 heterocycles. The number of rotatable bonds is 34. The quantitative estimate of drug-likeness (QED) is 0.0485. The normalized spacial score (nSPS) is 16.4. The summed E-state index contributed by atoms with van der Waals surface area (Å²) < 4.78 is 28.5. The van der Waals surface area contributed by atoms with Crippen molar-refractivity contribution in [2.24, 2.45) is 17.8 Å². The molecule has 1 aromatic heterocycles. The molecule has 19 heteroatoms. The number of aromatic nitrogens is 2. The molecule has 0 unspecified atom stereocenters. The third kappa shape index (κ3) is 20.4. The maximum atomic E-state index is 14.3. The molecule has 1 aliphatic heterocycles. The molecule has 3 rings (SSSR count). The van der Waals surface area contributed by atoms with Crippen molar-refractivity contribution in [1.82, 2.24) is 25.1 Å². The SMILES string of the molecule is COCCOCCC(=O)N1CCC[C@H]1C(=O)N[C@@H](CC(C)C)C(=O)C[C@@H](Cc1cncn1CCCCCCCCc1ccccc1)C(=O)N[C@@H](CO)C(=O)C[C@H](C(C)=O)[C@@H](C)OP(=O)(O)O. The average molecular weight is 948 g/mol. The minimum Gasteiger partial charge on any atom is -0.394 e. The number of hydrogen-bond donors (Lipinski definition) is 5. The Hall–Kier alpha value is -4.16. The number of phosphoric acid groups is 1. The van der Waals surface area contributed by atoms with E-state index in [4.69, 9.17) is 9.47 Å². The fourth-order valence-electron chi connectivity index (χ4n) is 8.28. The molecule has 5 N–H and O–H groups in total. The standard InChI is InChI=1S/C47H74N5O13P/c1-33(2)26-40(49-47(59)42-19-15-22-52(42)45(57)20-23-64-25-24-63-5)43(55)28-37(46(58)50-41(31-53)44(56)29-39(34(3)54)35(4)65-66(60,61)62)27-38-30-48-32-51(38)21-14-9-7-6-8-11-16-36-17-12-10-13-18-36/h10,12-13,17-18,30,32-33,35,37,39-42,53H,6-9,11,14-16,19-29,31H2,1-5H3,(H,49,59)(H,50,58)(H2,60,61,62)/t35-,37-,39-,40+,41+,42+/m1/s1. The number of aliphatic hydroxyl groups excluding tert-OH is 1. The first-order chi connectivity index (χ1) is 31.4. The van der Waals surface area contributed by atoms with Crippen molar-refractivity contribution in [1.29, 1.82) is 0 Å². The summed E-state index contributed by atoms with van der Waals surface area (Å²) in [7, 11) is -3.47. The minimum absolute atomic E-state index is 0.0202. The number of unbranched alkanes of at least 4 members (excludes halogenated alkanes) is 5. The minimum atomic E-state index is -5.02. The fourth-order valence-corrected chi connectivity index (χ4v) is 8.86. The van der Waals surface area contributed by atoms with E-state index in [2.05, 4.69) is 44.4 Å². The van der Waals surface area contributed by atoms with Crippen LogP contribution in [0.3, 0.4) is 0 Å². The van der Waals surface area contributed by atoms with E-state index in [0.717, 1.165) is 51.9 Å². The van der Waals surface area contributed by atoms with Gasteiger partial charge in [-0.25, -0.2) is 9.55 Å². The van der Waals surface area contributed by atoms with Crippen molar-refractivity contribution in [2.45, 2.75) is 148 Å². The zero-order valence-corrected chi connectivity index (χ0v) is 40.3. The number of methoxy groups -OCH3 is 1. The van der Waals surface area contributed by atoms with Crippen LogP contribution in [0.2, 0.25) is 0 Å². The number of carbonyl (C=O) groups is 6. The Kier molecular flexibility index (Phi) is 25.2. The number of ether oxygens (including phenoxy) is 2. The summed E-state index contributed by atoms with van der Waals surface area (Å²) >= 11 is 0. The highest BCUT2D eigenvalue weighted by molar-refractivity contribution is 7.46. The molecule has 1 aliphatic rings. The van der Waals surface area contributed by atoms with Gasteiger partial charge in [-0.1, -0.05) is 69.9 Å². The van der Waals surface area contributed by atoms with Gasteiger partial charge in [-0.3, -0.25) is 33.3 Å². The Bertz CT molecular complexity index is 1870. The summed E-state index contributed by atoms with van der Waals surface area (Å²) in [5, 5.41) is 15.8. The molecule has 0 bridgehead atoms. The largest absolute Gasteiger partial charge is 0.469 e. The van der Waals surface area contributed by atoms with Gasteiger partial charge in [0.25, 0.3) is 0 Å². The summed E-state index contributed by atoms with van der Waals surface area (Å²) in [6, 6.07) is 7.08. The van der Waals surface area contributed by atoms with E-state index in [1.807, 2.05) is 24.5 Å². The molecule has 1 fully saturated rings. The molecule has 370 valence electrons. The van der Waals surface area contributed by atoms with Gasteiger partial charge in [0.15, 0.2) is 11.6 Å². The Labute approximate surface area is 389 Å². The predicted octanol–water partition coefficient (Wildman–Crippen LogP) is 4.30. The van der Waals surface area contributed by atoms with Crippen molar-refractivity contribution in [2.75, 3.05) is 40.1 Å². The van der Waals surface area contributed by atoms with Gasteiger partial charge in [-0.2, -0.15) is 0 Å². The third-order valence-corrected chi connectivity index (χ3v) is 12.5. The van der Waals surface area contributed by atoms with Gasteiger partial charge < -0.3 is 44.5 Å². The number of ketones is 3. The molecule has 0 saturated carbocycles. The number of imidazole rings is 1. The first kappa shape index (κ1) is 56.2. The fraction of sp³-hybridized carbons (Fsp3) is 0.681. The van der Waals surface area contributed by atoms with Crippen molar-refractivity contribution in [3.05, 3.63) is 54.1 Å². The Balaban J connectivity index is 1.77. The summed E-state index contributed by atoms with van der Waals surface area (Å²) in [5.41, 5.74) is 1.99. The second-order valence-corrected chi connectivity index (χ2v) is 18.9. The monoisotopic (exact) mass is 948 g/mol. The number of Topliss-reactive ketones (excluding diaryl/α,β-unsaturated/α-hetero) is 3. The Morgan fingerprint density at radius 1 is 0.894 bits per heavy atom. The lowest BCUT2D eigenvalue weighted by Gasteiger charge is -2.28. The molecular formula is C47H74N5O13P. The summed E-state index contributed by atoms with van der Waals surface area (Å²) in [5.74, 6) is -5.73. The lowest BCUT2D eigenvalue weighted by molar-refractivity contribution is -0.140. The van der Waals surface area contributed by atoms with Gasteiger partial charge in [0.1, 0.15) is 17.9 Å². The Morgan fingerprint density at radius 2 is 1.58 bits per heavy atom. The zero-order valence-electron chi connectivity index (χ0n) is 39.4. The topological polar surface area (TPSA) is 253 Å². The number of phosphoric ester groups is 1. The molecule has 18 nitrogen and oxygen atoms in total. The van der Waals surface area contributed by atoms with Gasteiger partial charge in [0, 0.05) is 51.4 Å². The van der Waals surface area contributed by atoms with Crippen LogP contribution in [0.1, 0.15) is 116 Å². The third-order valence-electron chi connectivity index (χ3n) is 11.9. The lowest BCUT2D eigenvalue weighted by Crippen LogP contribution is -2.52. The van der Waals surface area contributed by atoms with Crippen LogP contribution in [-0.2, 0) is 66.7 Å². The molecule has 3 amide bonds. The number of amides is 3. The number of carbonyl (C=O) groups excluding carboxylic acids is 6. The van der Waals surface area contributed by atoms with E-state index >= 15 is 0 Å². The highest BCUT2D eigenvalue weighted by Gasteiger charge is 2.38. The van der Waals surface area contributed by atoms with Crippen LogP contribution in [0.15, 0.2) is 42.9 Å². The van der Waals surface area contributed by atoms with Crippen LogP contribution < -0.4 is 10.6 Å². The van der Waals surface area contributed by atoms with Crippen molar-refractivity contribution in [3.8, 4) is 0 Å². The maximum Gasteiger partial charge on any atom is 0.469 e. The molecule has 1 saturated heterocycles. The second kappa shape index (κ2) is 29.6. The van der Waals surface area contributed by atoms with E-state index in [0.29, 0.717) is 44.8 Å².